The molecule has 0 rings (SSSR count). The molecule has 0 aliphatic carbocycles. The Morgan fingerprint density at radius 2 is 1.12 bits per heavy atom. The van der Waals surface area contributed by atoms with Crippen molar-refractivity contribution in [3.8, 4) is 0 Å². The smallest absolute Gasteiger partial charge is 0.466 e. The molecule has 11 heteroatoms. The second-order valence-corrected chi connectivity index (χ2v) is 13.9. The molecule has 1 unspecified atom stereocenters. The maximum absolute atomic E-state index is 12.3. The SMILES string of the molecule is CCCCCCCCCCCCCCCCCCOC(=O)CC(NC(=O)NCCC[Si](OC)(OC)OC)C(=O)OCC. The minimum atomic E-state index is -2.72. The van der Waals surface area contributed by atoms with E-state index in [2.05, 4.69) is 17.6 Å². The maximum Gasteiger partial charge on any atom is 0.500 e. The summed E-state index contributed by atoms with van der Waals surface area (Å²) in [5.74, 6) is -1.21. The van der Waals surface area contributed by atoms with Gasteiger partial charge in [-0.2, -0.15) is 0 Å². The zero-order chi connectivity index (χ0) is 31.3. The van der Waals surface area contributed by atoms with Gasteiger partial charge in [0.2, 0.25) is 0 Å². The number of ether oxygens (including phenoxy) is 2. The average molecular weight is 619 g/mol. The normalized spacial score (nSPS) is 12.1. The highest BCUT2D eigenvalue weighted by Crippen LogP contribution is 2.15. The number of hydrogen-bond acceptors (Lipinski definition) is 8. The van der Waals surface area contributed by atoms with Crippen LogP contribution >= 0.6 is 0 Å². The Balaban J connectivity index is 3.99. The molecule has 0 radical (unpaired) electrons. The Morgan fingerprint density at radius 3 is 1.57 bits per heavy atom. The van der Waals surface area contributed by atoms with E-state index in [0.29, 0.717) is 25.6 Å². The first-order valence-corrected chi connectivity index (χ1v) is 18.3. The third kappa shape index (κ3) is 21.9. The molecule has 0 aromatic heterocycles. The number of rotatable bonds is 29. The van der Waals surface area contributed by atoms with Crippen LogP contribution in [0, 0.1) is 0 Å². The van der Waals surface area contributed by atoms with E-state index in [4.69, 9.17) is 22.8 Å². The van der Waals surface area contributed by atoms with Crippen molar-refractivity contribution in [1.82, 2.24) is 10.6 Å². The first-order chi connectivity index (χ1) is 20.4. The first-order valence-electron chi connectivity index (χ1n) is 16.4. The summed E-state index contributed by atoms with van der Waals surface area (Å²) < 4.78 is 26.4. The molecule has 1 atom stereocenters. The lowest BCUT2D eigenvalue weighted by molar-refractivity contribution is -0.152. The van der Waals surface area contributed by atoms with Crippen LogP contribution in [0.25, 0.3) is 0 Å². The van der Waals surface area contributed by atoms with Crippen LogP contribution in [0.2, 0.25) is 6.04 Å². The highest BCUT2D eigenvalue weighted by Gasteiger charge is 2.37. The topological polar surface area (TPSA) is 121 Å². The fourth-order valence-electron chi connectivity index (χ4n) is 4.77. The third-order valence-corrected chi connectivity index (χ3v) is 10.2. The fraction of sp³-hybridized carbons (Fsp3) is 0.903. The molecule has 42 heavy (non-hydrogen) atoms. The van der Waals surface area contributed by atoms with E-state index in [1.807, 2.05) is 0 Å². The number of carbonyl (C=O) groups is 3. The van der Waals surface area contributed by atoms with Gasteiger partial charge in [0, 0.05) is 33.9 Å². The Hall–Kier alpha value is -1.69. The standard InChI is InChI=1S/C31H62N2O8Si/c1-6-8-9-10-11-12-13-14-15-16-17-18-19-20-21-22-25-41-29(34)27-28(30(35)40-7-2)33-31(36)32-24-23-26-42(37-3,38-4)39-5/h28H,6-27H2,1-5H3,(H2,32,33,36). The molecule has 10 nitrogen and oxygen atoms in total. The minimum absolute atomic E-state index is 0.143. The summed E-state index contributed by atoms with van der Waals surface area (Å²) in [7, 11) is 1.87. The van der Waals surface area contributed by atoms with Gasteiger partial charge in [0.1, 0.15) is 6.04 Å². The molecule has 2 amide bonds. The number of amides is 2. The molecule has 0 aromatic carbocycles. The van der Waals surface area contributed by atoms with Gasteiger partial charge in [-0.25, -0.2) is 9.59 Å². The molecule has 0 saturated heterocycles. The van der Waals surface area contributed by atoms with E-state index in [9.17, 15) is 14.4 Å². The molecule has 0 heterocycles. The number of unbranched alkanes of at least 4 members (excludes halogenated alkanes) is 15. The van der Waals surface area contributed by atoms with Gasteiger partial charge in [-0.1, -0.05) is 103 Å². The van der Waals surface area contributed by atoms with Gasteiger partial charge in [-0.15, -0.1) is 0 Å². The van der Waals surface area contributed by atoms with Crippen molar-refractivity contribution in [2.75, 3.05) is 41.1 Å². The van der Waals surface area contributed by atoms with Crippen LogP contribution < -0.4 is 10.6 Å². The Bertz CT molecular complexity index is 671. The van der Waals surface area contributed by atoms with Gasteiger partial charge in [-0.05, 0) is 19.8 Å². The monoisotopic (exact) mass is 618 g/mol. The predicted octanol–water partition coefficient (Wildman–Crippen LogP) is 6.68. The highest BCUT2D eigenvalue weighted by molar-refractivity contribution is 6.60. The molecule has 2 N–H and O–H groups in total. The van der Waals surface area contributed by atoms with Crippen LogP contribution in [0.3, 0.4) is 0 Å². The fourth-order valence-corrected chi connectivity index (χ4v) is 6.49. The van der Waals surface area contributed by atoms with Crippen molar-refractivity contribution in [1.29, 1.82) is 0 Å². The zero-order valence-electron chi connectivity index (χ0n) is 27.4. The van der Waals surface area contributed by atoms with Gasteiger partial charge >= 0.3 is 26.8 Å². The van der Waals surface area contributed by atoms with Crippen LogP contribution in [-0.4, -0.2) is 73.9 Å². The molecular formula is C31H62N2O8Si. The molecule has 0 bridgehead atoms. The van der Waals surface area contributed by atoms with E-state index in [-0.39, 0.29) is 13.0 Å². The van der Waals surface area contributed by atoms with Gasteiger partial charge in [-0.3, -0.25) is 4.79 Å². The van der Waals surface area contributed by atoms with Crippen LogP contribution in [0.5, 0.6) is 0 Å². The van der Waals surface area contributed by atoms with Gasteiger partial charge in [0.05, 0.1) is 19.6 Å². The molecule has 0 aliphatic rings. The molecule has 0 saturated carbocycles. The molecule has 0 aliphatic heterocycles. The van der Waals surface area contributed by atoms with Crippen molar-refractivity contribution in [3.05, 3.63) is 0 Å². The summed E-state index contributed by atoms with van der Waals surface area (Å²) in [6.07, 6.45) is 20.7. The largest absolute Gasteiger partial charge is 0.500 e. The lowest BCUT2D eigenvalue weighted by Crippen LogP contribution is -2.48. The second-order valence-electron chi connectivity index (χ2n) is 10.8. The Kier molecular flexibility index (Phi) is 27.0. The molecule has 0 spiro atoms. The van der Waals surface area contributed by atoms with E-state index < -0.39 is 32.8 Å². The average Bonchev–Trinajstić information content (AvgIpc) is 2.99. The lowest BCUT2D eigenvalue weighted by Gasteiger charge is -2.24. The van der Waals surface area contributed by atoms with Crippen molar-refractivity contribution in [3.63, 3.8) is 0 Å². The summed E-state index contributed by atoms with van der Waals surface area (Å²) in [6.45, 7) is 4.70. The van der Waals surface area contributed by atoms with Crippen LogP contribution in [-0.2, 0) is 32.3 Å². The first kappa shape index (κ1) is 40.3. The van der Waals surface area contributed by atoms with Gasteiger partial charge < -0.3 is 33.4 Å². The summed E-state index contributed by atoms with van der Waals surface area (Å²) >= 11 is 0. The number of esters is 2. The maximum atomic E-state index is 12.3. The minimum Gasteiger partial charge on any atom is -0.466 e. The zero-order valence-corrected chi connectivity index (χ0v) is 28.4. The predicted molar refractivity (Wildman–Crippen MR) is 168 cm³/mol. The number of urea groups is 1. The molecule has 0 fully saturated rings. The lowest BCUT2D eigenvalue weighted by atomic mass is 10.0. The second kappa shape index (κ2) is 28.1. The van der Waals surface area contributed by atoms with Crippen molar-refractivity contribution in [2.24, 2.45) is 0 Å². The summed E-state index contributed by atoms with van der Waals surface area (Å²) in [5, 5.41) is 5.20. The molecule has 248 valence electrons. The van der Waals surface area contributed by atoms with E-state index >= 15 is 0 Å². The van der Waals surface area contributed by atoms with Crippen molar-refractivity contribution < 1.29 is 37.1 Å². The number of carbonyl (C=O) groups excluding carboxylic acids is 3. The van der Waals surface area contributed by atoms with Crippen molar-refractivity contribution >= 4 is 26.8 Å². The van der Waals surface area contributed by atoms with Crippen LogP contribution in [0.4, 0.5) is 4.79 Å². The highest BCUT2D eigenvalue weighted by atomic mass is 28.4. The van der Waals surface area contributed by atoms with Crippen LogP contribution in [0.15, 0.2) is 0 Å². The Morgan fingerprint density at radius 1 is 0.643 bits per heavy atom. The number of hydrogen-bond donors (Lipinski definition) is 2. The Labute approximate surface area is 257 Å². The summed E-state index contributed by atoms with van der Waals surface area (Å²) in [4.78, 5) is 37.0. The van der Waals surface area contributed by atoms with E-state index in [1.165, 1.54) is 105 Å². The number of nitrogens with one attached hydrogen (secondary N) is 2. The summed E-state index contributed by atoms with van der Waals surface area (Å²) in [6, 6.07) is -1.17. The van der Waals surface area contributed by atoms with E-state index in [1.54, 1.807) is 6.92 Å². The summed E-state index contributed by atoms with van der Waals surface area (Å²) in [5.41, 5.74) is 0. The van der Waals surface area contributed by atoms with E-state index in [0.717, 1.165) is 19.3 Å². The van der Waals surface area contributed by atoms with Gasteiger partial charge in [0.15, 0.2) is 0 Å². The molecule has 0 aromatic rings. The molecular weight excluding hydrogens is 556 g/mol. The third-order valence-electron chi connectivity index (χ3n) is 7.39. The van der Waals surface area contributed by atoms with Gasteiger partial charge in [0.25, 0.3) is 0 Å². The van der Waals surface area contributed by atoms with Crippen LogP contribution in [0.1, 0.15) is 129 Å². The quantitative estimate of drug-likeness (QED) is 0.0541. The van der Waals surface area contributed by atoms with Crippen molar-refractivity contribution in [2.45, 2.75) is 142 Å².